The number of hydrogen-bond donors (Lipinski definition) is 1. The lowest BCUT2D eigenvalue weighted by Crippen LogP contribution is -2.06. The summed E-state index contributed by atoms with van der Waals surface area (Å²) >= 11 is 5.96. The maximum absolute atomic E-state index is 13.2. The van der Waals surface area contributed by atoms with Gasteiger partial charge in [0, 0.05) is 16.8 Å². The molecule has 0 fully saturated rings. The number of aryl methyl sites for hydroxylation is 1. The Morgan fingerprint density at radius 3 is 2.61 bits per heavy atom. The fraction of sp³-hybridized carbons (Fsp3) is 0.200. The summed E-state index contributed by atoms with van der Waals surface area (Å²) in [6.45, 7) is 3.80. The van der Waals surface area contributed by atoms with E-state index in [0.717, 1.165) is 16.3 Å². The molecule has 0 aliphatic carbocycles. The Morgan fingerprint density at radius 1 is 1.17 bits per heavy atom. The van der Waals surface area contributed by atoms with E-state index >= 15 is 0 Å². The third-order valence-electron chi connectivity index (χ3n) is 2.89. The first kappa shape index (κ1) is 12.9. The summed E-state index contributed by atoms with van der Waals surface area (Å²) in [7, 11) is 0. The smallest absolute Gasteiger partial charge is 0.126 e. The van der Waals surface area contributed by atoms with Crippen molar-refractivity contribution >= 4 is 17.3 Å². The number of anilines is 1. The van der Waals surface area contributed by atoms with Gasteiger partial charge in [0.2, 0.25) is 0 Å². The van der Waals surface area contributed by atoms with Crippen LogP contribution in [0.1, 0.15) is 24.1 Å². The first-order valence-corrected chi connectivity index (χ1v) is 6.22. The lowest BCUT2D eigenvalue weighted by atomic mass is 10.1. The molecule has 3 heteroatoms. The Bertz CT molecular complexity index is 554. The third-order valence-corrected chi connectivity index (χ3v) is 3.12. The SMILES string of the molecule is Cc1cc(NC(C)c2cccc(Cl)c2)ccc1F. The molecule has 2 rings (SSSR count). The lowest BCUT2D eigenvalue weighted by Gasteiger charge is -2.16. The normalized spacial score (nSPS) is 12.2. The molecule has 0 spiro atoms. The highest BCUT2D eigenvalue weighted by Crippen LogP contribution is 2.22. The van der Waals surface area contributed by atoms with Crippen LogP contribution in [0.5, 0.6) is 0 Å². The van der Waals surface area contributed by atoms with E-state index in [1.165, 1.54) is 6.07 Å². The molecule has 0 amide bonds. The van der Waals surface area contributed by atoms with Crippen molar-refractivity contribution in [1.82, 2.24) is 0 Å². The highest BCUT2D eigenvalue weighted by molar-refractivity contribution is 6.30. The first-order chi connectivity index (χ1) is 8.56. The number of rotatable bonds is 3. The Morgan fingerprint density at radius 2 is 1.94 bits per heavy atom. The van der Waals surface area contributed by atoms with Crippen LogP contribution >= 0.6 is 11.6 Å². The van der Waals surface area contributed by atoms with Crippen LogP contribution in [0.2, 0.25) is 5.02 Å². The van der Waals surface area contributed by atoms with Crippen LogP contribution < -0.4 is 5.32 Å². The summed E-state index contributed by atoms with van der Waals surface area (Å²) in [4.78, 5) is 0. The van der Waals surface area contributed by atoms with Crippen molar-refractivity contribution < 1.29 is 4.39 Å². The van der Waals surface area contributed by atoms with E-state index in [1.807, 2.05) is 31.2 Å². The zero-order chi connectivity index (χ0) is 13.1. The molecule has 1 atom stereocenters. The fourth-order valence-corrected chi connectivity index (χ4v) is 2.04. The Labute approximate surface area is 112 Å². The van der Waals surface area contributed by atoms with Crippen LogP contribution in [0.15, 0.2) is 42.5 Å². The average Bonchev–Trinajstić information content (AvgIpc) is 2.34. The van der Waals surface area contributed by atoms with E-state index in [0.29, 0.717) is 5.56 Å². The highest BCUT2D eigenvalue weighted by atomic mass is 35.5. The van der Waals surface area contributed by atoms with Gasteiger partial charge in [-0.2, -0.15) is 0 Å². The second-order valence-electron chi connectivity index (χ2n) is 4.38. The predicted molar refractivity (Wildman–Crippen MR) is 74.6 cm³/mol. The minimum absolute atomic E-state index is 0.119. The number of benzene rings is 2. The van der Waals surface area contributed by atoms with E-state index in [9.17, 15) is 4.39 Å². The van der Waals surface area contributed by atoms with Crippen molar-refractivity contribution in [2.45, 2.75) is 19.9 Å². The summed E-state index contributed by atoms with van der Waals surface area (Å²) in [5, 5.41) is 4.05. The molecule has 0 radical (unpaired) electrons. The third kappa shape index (κ3) is 3.02. The molecule has 0 aliphatic heterocycles. The van der Waals surface area contributed by atoms with Crippen LogP contribution in [0, 0.1) is 12.7 Å². The minimum Gasteiger partial charge on any atom is -0.379 e. The van der Waals surface area contributed by atoms with E-state index in [1.54, 1.807) is 19.1 Å². The van der Waals surface area contributed by atoms with Crippen molar-refractivity contribution in [3.8, 4) is 0 Å². The predicted octanol–water partition coefficient (Wildman–Crippen LogP) is 4.96. The average molecular weight is 264 g/mol. The summed E-state index contributed by atoms with van der Waals surface area (Å²) in [6.07, 6.45) is 0. The van der Waals surface area contributed by atoms with Crippen LogP contribution in [0.3, 0.4) is 0 Å². The molecule has 18 heavy (non-hydrogen) atoms. The van der Waals surface area contributed by atoms with Gasteiger partial charge in [0.05, 0.1) is 0 Å². The van der Waals surface area contributed by atoms with Crippen molar-refractivity contribution in [2.24, 2.45) is 0 Å². The van der Waals surface area contributed by atoms with Crippen molar-refractivity contribution in [3.63, 3.8) is 0 Å². The minimum atomic E-state index is -0.184. The molecule has 1 unspecified atom stereocenters. The Kier molecular flexibility index (Phi) is 3.87. The van der Waals surface area contributed by atoms with Gasteiger partial charge in [-0.15, -0.1) is 0 Å². The molecule has 1 nitrogen and oxygen atoms in total. The van der Waals surface area contributed by atoms with Crippen LogP contribution in [-0.2, 0) is 0 Å². The van der Waals surface area contributed by atoms with E-state index in [-0.39, 0.29) is 11.9 Å². The second kappa shape index (κ2) is 5.40. The van der Waals surface area contributed by atoms with Gasteiger partial charge in [-0.05, 0) is 55.3 Å². The molecule has 2 aromatic carbocycles. The molecule has 0 bridgehead atoms. The standard InChI is InChI=1S/C15H15ClFN/c1-10-8-14(6-7-15(10)17)18-11(2)12-4-3-5-13(16)9-12/h3-9,11,18H,1-2H3. The zero-order valence-electron chi connectivity index (χ0n) is 10.4. The summed E-state index contributed by atoms with van der Waals surface area (Å²) < 4.78 is 13.2. The van der Waals surface area contributed by atoms with Crippen molar-refractivity contribution in [2.75, 3.05) is 5.32 Å². The largest absolute Gasteiger partial charge is 0.379 e. The molecule has 0 saturated carbocycles. The van der Waals surface area contributed by atoms with Gasteiger partial charge < -0.3 is 5.32 Å². The maximum atomic E-state index is 13.2. The van der Waals surface area contributed by atoms with Gasteiger partial charge in [0.25, 0.3) is 0 Å². The Balaban J connectivity index is 2.16. The molecule has 94 valence electrons. The summed E-state index contributed by atoms with van der Waals surface area (Å²) in [6, 6.07) is 12.8. The molecular weight excluding hydrogens is 249 g/mol. The quantitative estimate of drug-likeness (QED) is 0.825. The van der Waals surface area contributed by atoms with Gasteiger partial charge >= 0.3 is 0 Å². The number of halogens is 2. The van der Waals surface area contributed by atoms with Gasteiger partial charge in [-0.1, -0.05) is 23.7 Å². The van der Waals surface area contributed by atoms with Gasteiger partial charge in [0.1, 0.15) is 5.82 Å². The van der Waals surface area contributed by atoms with Crippen LogP contribution in [-0.4, -0.2) is 0 Å². The van der Waals surface area contributed by atoms with Gasteiger partial charge in [-0.3, -0.25) is 0 Å². The topological polar surface area (TPSA) is 12.0 Å². The molecule has 0 saturated heterocycles. The van der Waals surface area contributed by atoms with Gasteiger partial charge in [-0.25, -0.2) is 4.39 Å². The number of nitrogens with one attached hydrogen (secondary N) is 1. The molecular formula is C15H15ClFN. The Hall–Kier alpha value is -1.54. The first-order valence-electron chi connectivity index (χ1n) is 5.84. The lowest BCUT2D eigenvalue weighted by molar-refractivity contribution is 0.618. The van der Waals surface area contributed by atoms with Crippen LogP contribution in [0.4, 0.5) is 10.1 Å². The monoisotopic (exact) mass is 263 g/mol. The number of hydrogen-bond acceptors (Lipinski definition) is 1. The maximum Gasteiger partial charge on any atom is 0.126 e. The van der Waals surface area contributed by atoms with Crippen molar-refractivity contribution in [1.29, 1.82) is 0 Å². The summed E-state index contributed by atoms with van der Waals surface area (Å²) in [5.41, 5.74) is 2.64. The van der Waals surface area contributed by atoms with E-state index < -0.39 is 0 Å². The summed E-state index contributed by atoms with van der Waals surface area (Å²) in [5.74, 6) is -0.184. The van der Waals surface area contributed by atoms with E-state index in [4.69, 9.17) is 11.6 Å². The van der Waals surface area contributed by atoms with Crippen LogP contribution in [0.25, 0.3) is 0 Å². The highest BCUT2D eigenvalue weighted by Gasteiger charge is 2.06. The molecule has 1 N–H and O–H groups in total. The zero-order valence-corrected chi connectivity index (χ0v) is 11.1. The molecule has 0 aliphatic rings. The fourth-order valence-electron chi connectivity index (χ4n) is 1.84. The molecule has 2 aromatic rings. The van der Waals surface area contributed by atoms with Gasteiger partial charge in [0.15, 0.2) is 0 Å². The van der Waals surface area contributed by atoms with E-state index in [2.05, 4.69) is 5.32 Å². The second-order valence-corrected chi connectivity index (χ2v) is 4.82. The molecule has 0 heterocycles. The molecule has 0 aromatic heterocycles. The van der Waals surface area contributed by atoms with Crippen molar-refractivity contribution in [3.05, 3.63) is 64.4 Å².